The highest BCUT2D eigenvalue weighted by atomic mass is 16.5. The Balaban J connectivity index is 2.50. The van der Waals surface area contributed by atoms with Crippen molar-refractivity contribution in [3.8, 4) is 11.5 Å². The second kappa shape index (κ2) is 9.94. The molecule has 0 amide bonds. The van der Waals surface area contributed by atoms with Gasteiger partial charge in [0.05, 0.1) is 20.8 Å². The predicted molar refractivity (Wildman–Crippen MR) is 95.3 cm³/mol. The molecule has 0 aliphatic rings. The average Bonchev–Trinajstić information content (AvgIpc) is 2.56. The normalized spacial score (nSPS) is 11.9. The van der Waals surface area contributed by atoms with Crippen molar-refractivity contribution in [1.82, 2.24) is 10.2 Å². The molecule has 0 spiro atoms. The van der Waals surface area contributed by atoms with Crippen LogP contribution in [0.1, 0.15) is 26.3 Å². The molecule has 23 heavy (non-hydrogen) atoms. The van der Waals surface area contributed by atoms with Crippen LogP contribution < -0.4 is 20.5 Å². The van der Waals surface area contributed by atoms with Crippen molar-refractivity contribution < 1.29 is 9.47 Å². The fraction of sp³-hybridized carbons (Fsp3) is 0.588. The molecule has 0 fully saturated rings. The Morgan fingerprint density at radius 3 is 2.52 bits per heavy atom. The van der Waals surface area contributed by atoms with Crippen LogP contribution in [0.5, 0.6) is 11.5 Å². The third kappa shape index (κ3) is 6.36. The van der Waals surface area contributed by atoms with Crippen LogP contribution in [0.4, 0.5) is 0 Å². The van der Waals surface area contributed by atoms with E-state index in [1.165, 1.54) is 0 Å². The number of guanidine groups is 1. The number of hydrogen-bond donors (Lipinski definition) is 2. The molecule has 1 aromatic carbocycles. The number of benzene rings is 1. The number of likely N-dealkylation sites (N-methyl/N-ethyl adjacent to an activating group) is 1. The van der Waals surface area contributed by atoms with E-state index >= 15 is 0 Å². The van der Waals surface area contributed by atoms with E-state index in [2.05, 4.69) is 36.0 Å². The Hall–Kier alpha value is -1.95. The summed E-state index contributed by atoms with van der Waals surface area (Å²) in [6.45, 7) is 9.81. The minimum atomic E-state index is 0.458. The van der Waals surface area contributed by atoms with Gasteiger partial charge in [-0.25, -0.2) is 4.99 Å². The molecule has 0 radical (unpaired) electrons. The molecule has 0 saturated heterocycles. The van der Waals surface area contributed by atoms with Gasteiger partial charge in [-0.15, -0.1) is 0 Å². The number of hydrogen-bond acceptors (Lipinski definition) is 4. The van der Waals surface area contributed by atoms with Crippen molar-refractivity contribution in [2.24, 2.45) is 10.7 Å². The Kier molecular flexibility index (Phi) is 8.26. The number of ether oxygens (including phenoxy) is 2. The lowest BCUT2D eigenvalue weighted by Gasteiger charge is -2.24. The summed E-state index contributed by atoms with van der Waals surface area (Å²) >= 11 is 0. The monoisotopic (exact) mass is 322 g/mol. The van der Waals surface area contributed by atoms with E-state index < -0.39 is 0 Å². The van der Waals surface area contributed by atoms with Crippen LogP contribution in [0, 0.1) is 0 Å². The molecule has 0 atom stereocenters. The van der Waals surface area contributed by atoms with Crippen LogP contribution in [0.25, 0.3) is 0 Å². The maximum absolute atomic E-state index is 5.92. The van der Waals surface area contributed by atoms with Gasteiger partial charge < -0.3 is 20.5 Å². The van der Waals surface area contributed by atoms with Crippen molar-refractivity contribution >= 4 is 5.96 Å². The van der Waals surface area contributed by atoms with E-state index in [0.29, 0.717) is 30.0 Å². The second-order valence-corrected chi connectivity index (χ2v) is 5.54. The fourth-order valence-electron chi connectivity index (χ4n) is 2.32. The zero-order valence-corrected chi connectivity index (χ0v) is 14.9. The van der Waals surface area contributed by atoms with Crippen LogP contribution in [-0.4, -0.2) is 50.8 Å². The molecule has 130 valence electrons. The summed E-state index contributed by atoms with van der Waals surface area (Å²) in [6, 6.07) is 6.27. The molecule has 0 bridgehead atoms. The maximum Gasteiger partial charge on any atom is 0.188 e. The molecule has 6 heteroatoms. The predicted octanol–water partition coefficient (Wildman–Crippen LogP) is 1.84. The number of nitrogens with zero attached hydrogens (tertiary/aromatic N) is 2. The van der Waals surface area contributed by atoms with Gasteiger partial charge in [-0.05, 0) is 38.1 Å². The van der Waals surface area contributed by atoms with Crippen molar-refractivity contribution in [3.63, 3.8) is 0 Å². The first-order chi connectivity index (χ1) is 11.0. The molecular weight excluding hydrogens is 292 g/mol. The van der Waals surface area contributed by atoms with Crippen LogP contribution >= 0.6 is 0 Å². The summed E-state index contributed by atoms with van der Waals surface area (Å²) in [4.78, 5) is 6.73. The zero-order valence-electron chi connectivity index (χ0n) is 14.9. The number of aliphatic imine (C=N–C) groups is 1. The van der Waals surface area contributed by atoms with Gasteiger partial charge in [0.25, 0.3) is 0 Å². The van der Waals surface area contributed by atoms with Gasteiger partial charge >= 0.3 is 0 Å². The van der Waals surface area contributed by atoms with Crippen LogP contribution in [0.3, 0.4) is 0 Å². The highest BCUT2D eigenvalue weighted by Crippen LogP contribution is 2.27. The Morgan fingerprint density at radius 1 is 1.26 bits per heavy atom. The zero-order chi connectivity index (χ0) is 17.2. The minimum Gasteiger partial charge on any atom is -0.493 e. The van der Waals surface area contributed by atoms with E-state index in [0.717, 1.165) is 25.2 Å². The standard InChI is InChI=1S/C17H30N4O2/c1-6-21(13(2)3)10-9-19-17(18)20-12-14-7-8-15(22-4)16(11-14)23-5/h7-8,11,13H,6,9-10,12H2,1-5H3,(H3,18,19,20). The first kappa shape index (κ1) is 19.1. The van der Waals surface area contributed by atoms with Crippen molar-refractivity contribution in [1.29, 1.82) is 0 Å². The van der Waals surface area contributed by atoms with Gasteiger partial charge in [0.2, 0.25) is 0 Å². The van der Waals surface area contributed by atoms with E-state index in [-0.39, 0.29) is 0 Å². The summed E-state index contributed by atoms with van der Waals surface area (Å²) in [5.41, 5.74) is 6.93. The first-order valence-electron chi connectivity index (χ1n) is 8.00. The highest BCUT2D eigenvalue weighted by Gasteiger charge is 2.06. The molecule has 0 saturated carbocycles. The number of nitrogens with one attached hydrogen (secondary N) is 1. The van der Waals surface area contributed by atoms with E-state index in [1.807, 2.05) is 18.2 Å². The van der Waals surface area contributed by atoms with Crippen molar-refractivity contribution in [2.45, 2.75) is 33.4 Å². The molecule has 1 aromatic rings. The molecule has 1 rings (SSSR count). The smallest absolute Gasteiger partial charge is 0.188 e. The van der Waals surface area contributed by atoms with Crippen molar-refractivity contribution in [3.05, 3.63) is 23.8 Å². The van der Waals surface area contributed by atoms with E-state index in [9.17, 15) is 0 Å². The Bertz CT molecular complexity index is 503. The quantitative estimate of drug-likeness (QED) is 0.536. The minimum absolute atomic E-state index is 0.458. The molecule has 3 N–H and O–H groups in total. The van der Waals surface area contributed by atoms with Gasteiger partial charge in [-0.1, -0.05) is 13.0 Å². The summed E-state index contributed by atoms with van der Waals surface area (Å²) in [5.74, 6) is 1.86. The lowest BCUT2D eigenvalue weighted by atomic mass is 10.2. The summed E-state index contributed by atoms with van der Waals surface area (Å²) < 4.78 is 10.5. The largest absolute Gasteiger partial charge is 0.493 e. The Morgan fingerprint density at radius 2 is 1.96 bits per heavy atom. The van der Waals surface area contributed by atoms with Crippen LogP contribution in [0.2, 0.25) is 0 Å². The molecular formula is C17H30N4O2. The molecule has 6 nitrogen and oxygen atoms in total. The van der Waals surface area contributed by atoms with E-state index in [4.69, 9.17) is 15.2 Å². The fourth-order valence-corrected chi connectivity index (χ4v) is 2.32. The topological polar surface area (TPSA) is 72.1 Å². The summed E-state index contributed by atoms with van der Waals surface area (Å²) in [6.07, 6.45) is 0. The molecule has 0 unspecified atom stereocenters. The SMILES string of the molecule is CCN(CCNC(N)=NCc1ccc(OC)c(OC)c1)C(C)C. The van der Waals surface area contributed by atoms with Crippen LogP contribution in [-0.2, 0) is 6.54 Å². The van der Waals surface area contributed by atoms with Gasteiger partial charge in [0.1, 0.15) is 0 Å². The second-order valence-electron chi connectivity index (χ2n) is 5.54. The van der Waals surface area contributed by atoms with E-state index in [1.54, 1.807) is 14.2 Å². The van der Waals surface area contributed by atoms with Gasteiger partial charge in [0, 0.05) is 19.1 Å². The first-order valence-corrected chi connectivity index (χ1v) is 8.00. The highest BCUT2D eigenvalue weighted by molar-refractivity contribution is 5.77. The van der Waals surface area contributed by atoms with Gasteiger partial charge in [-0.3, -0.25) is 4.90 Å². The van der Waals surface area contributed by atoms with Gasteiger partial charge in [-0.2, -0.15) is 0 Å². The maximum atomic E-state index is 5.92. The number of methoxy groups -OCH3 is 2. The summed E-state index contributed by atoms with van der Waals surface area (Å²) in [5, 5.41) is 3.15. The summed E-state index contributed by atoms with van der Waals surface area (Å²) in [7, 11) is 3.24. The lowest BCUT2D eigenvalue weighted by molar-refractivity contribution is 0.237. The third-order valence-electron chi connectivity index (χ3n) is 3.72. The Labute approximate surface area is 139 Å². The molecule has 0 aliphatic carbocycles. The molecule has 0 aliphatic heterocycles. The molecule has 0 aromatic heterocycles. The number of nitrogens with two attached hydrogens (primary N) is 1. The van der Waals surface area contributed by atoms with Crippen molar-refractivity contribution in [2.75, 3.05) is 33.9 Å². The van der Waals surface area contributed by atoms with Gasteiger partial charge in [0.15, 0.2) is 17.5 Å². The average molecular weight is 322 g/mol. The third-order valence-corrected chi connectivity index (χ3v) is 3.72. The van der Waals surface area contributed by atoms with Crippen LogP contribution in [0.15, 0.2) is 23.2 Å². The lowest BCUT2D eigenvalue weighted by Crippen LogP contribution is -2.40. The molecule has 0 heterocycles. The number of rotatable bonds is 9.